The van der Waals surface area contributed by atoms with Gasteiger partial charge in [0.2, 0.25) is 0 Å². The van der Waals surface area contributed by atoms with Gasteiger partial charge in [0, 0.05) is 53.9 Å². The number of carbonyl (C=O) groups is 1. The van der Waals surface area contributed by atoms with Crippen LogP contribution in [0.4, 0.5) is 5.82 Å². The SMILES string of the molecule is Cc1nc(C)c(Cc2ccccc2)c(N2CCCN(C(=O)c3cccc(Br)c3)CC2)n1. The van der Waals surface area contributed by atoms with E-state index >= 15 is 0 Å². The summed E-state index contributed by atoms with van der Waals surface area (Å²) in [6, 6.07) is 18.1. The third-order valence-electron chi connectivity index (χ3n) is 5.68. The first-order valence-electron chi connectivity index (χ1n) is 10.7. The second-order valence-corrected chi connectivity index (χ2v) is 8.88. The lowest BCUT2D eigenvalue weighted by molar-refractivity contribution is 0.0767. The van der Waals surface area contributed by atoms with Gasteiger partial charge >= 0.3 is 0 Å². The molecule has 0 radical (unpaired) electrons. The molecule has 0 N–H and O–H groups in total. The van der Waals surface area contributed by atoms with Crippen molar-refractivity contribution in [2.45, 2.75) is 26.7 Å². The second-order valence-electron chi connectivity index (χ2n) is 7.96. The summed E-state index contributed by atoms with van der Waals surface area (Å²) in [5.74, 6) is 1.88. The highest BCUT2D eigenvalue weighted by atomic mass is 79.9. The lowest BCUT2D eigenvalue weighted by Gasteiger charge is -2.26. The molecule has 1 aliphatic rings. The molecule has 1 aliphatic heterocycles. The molecule has 0 aliphatic carbocycles. The number of aryl methyl sites for hydroxylation is 2. The molecule has 1 amide bonds. The van der Waals surface area contributed by atoms with Crippen molar-refractivity contribution in [1.29, 1.82) is 0 Å². The molecule has 160 valence electrons. The molecule has 0 bridgehead atoms. The standard InChI is InChI=1S/C25H27BrN4O/c1-18-23(16-20-8-4-3-5-9-20)24(28-19(2)27-18)29-12-7-13-30(15-14-29)25(31)21-10-6-11-22(26)17-21/h3-6,8-11,17H,7,12-16H2,1-2H3. The van der Waals surface area contributed by atoms with Gasteiger partial charge in [-0.15, -0.1) is 0 Å². The number of hydrogen-bond acceptors (Lipinski definition) is 4. The van der Waals surface area contributed by atoms with Crippen LogP contribution in [0, 0.1) is 13.8 Å². The van der Waals surface area contributed by atoms with Gasteiger partial charge in [-0.3, -0.25) is 4.79 Å². The van der Waals surface area contributed by atoms with Crippen LogP contribution in [0.2, 0.25) is 0 Å². The number of rotatable bonds is 4. The van der Waals surface area contributed by atoms with E-state index in [9.17, 15) is 4.79 Å². The lowest BCUT2D eigenvalue weighted by atomic mass is 10.0. The van der Waals surface area contributed by atoms with Crippen molar-refractivity contribution >= 4 is 27.7 Å². The summed E-state index contributed by atoms with van der Waals surface area (Å²) in [6.45, 7) is 7.08. The molecular weight excluding hydrogens is 452 g/mol. The number of benzene rings is 2. The molecule has 0 spiro atoms. The Morgan fingerprint density at radius 3 is 2.55 bits per heavy atom. The first-order valence-corrected chi connectivity index (χ1v) is 11.5. The van der Waals surface area contributed by atoms with E-state index in [-0.39, 0.29) is 5.91 Å². The Balaban J connectivity index is 1.56. The quantitative estimate of drug-likeness (QED) is 0.540. The molecule has 0 atom stereocenters. The molecule has 1 aromatic heterocycles. The maximum Gasteiger partial charge on any atom is 0.253 e. The van der Waals surface area contributed by atoms with Crippen LogP contribution >= 0.6 is 15.9 Å². The predicted octanol–water partition coefficient (Wildman–Crippen LogP) is 4.80. The lowest BCUT2D eigenvalue weighted by Crippen LogP contribution is -2.35. The number of hydrogen-bond donors (Lipinski definition) is 0. The largest absolute Gasteiger partial charge is 0.354 e. The second kappa shape index (κ2) is 9.60. The van der Waals surface area contributed by atoms with Crippen molar-refractivity contribution in [2.24, 2.45) is 0 Å². The van der Waals surface area contributed by atoms with Gasteiger partial charge in [-0.05, 0) is 44.0 Å². The Labute approximate surface area is 192 Å². The normalized spacial score (nSPS) is 14.4. The number of halogens is 1. The Morgan fingerprint density at radius 1 is 0.968 bits per heavy atom. The summed E-state index contributed by atoms with van der Waals surface area (Å²) in [4.78, 5) is 26.8. The van der Waals surface area contributed by atoms with Gasteiger partial charge in [-0.25, -0.2) is 9.97 Å². The smallest absolute Gasteiger partial charge is 0.253 e. The van der Waals surface area contributed by atoms with Crippen molar-refractivity contribution in [3.05, 3.63) is 87.3 Å². The fraction of sp³-hybridized carbons (Fsp3) is 0.320. The Kier molecular flexibility index (Phi) is 6.66. The van der Waals surface area contributed by atoms with E-state index < -0.39 is 0 Å². The van der Waals surface area contributed by atoms with E-state index in [0.29, 0.717) is 6.54 Å². The molecule has 31 heavy (non-hydrogen) atoms. The number of aromatic nitrogens is 2. The molecule has 0 unspecified atom stereocenters. The average molecular weight is 479 g/mol. The van der Waals surface area contributed by atoms with Crippen molar-refractivity contribution < 1.29 is 4.79 Å². The minimum absolute atomic E-state index is 0.0858. The van der Waals surface area contributed by atoms with E-state index in [2.05, 4.69) is 57.0 Å². The maximum absolute atomic E-state index is 13.0. The molecule has 2 heterocycles. The van der Waals surface area contributed by atoms with Gasteiger partial charge in [0.25, 0.3) is 5.91 Å². The third-order valence-corrected chi connectivity index (χ3v) is 6.18. The number of anilines is 1. The summed E-state index contributed by atoms with van der Waals surface area (Å²) in [6.07, 6.45) is 1.71. The topological polar surface area (TPSA) is 49.3 Å². The first-order chi connectivity index (χ1) is 15.0. The average Bonchev–Trinajstić information content (AvgIpc) is 3.02. The molecule has 0 saturated carbocycles. The molecule has 1 saturated heterocycles. The zero-order valence-electron chi connectivity index (χ0n) is 18.0. The summed E-state index contributed by atoms with van der Waals surface area (Å²) in [7, 11) is 0. The van der Waals surface area contributed by atoms with Crippen LogP contribution in [0.25, 0.3) is 0 Å². The zero-order valence-corrected chi connectivity index (χ0v) is 19.6. The number of amides is 1. The minimum atomic E-state index is 0.0858. The van der Waals surface area contributed by atoms with Gasteiger partial charge < -0.3 is 9.80 Å². The van der Waals surface area contributed by atoms with Crippen molar-refractivity contribution in [2.75, 3.05) is 31.1 Å². The van der Waals surface area contributed by atoms with E-state index in [4.69, 9.17) is 4.98 Å². The summed E-state index contributed by atoms with van der Waals surface area (Å²) < 4.78 is 0.923. The number of nitrogens with zero attached hydrogens (tertiary/aromatic N) is 4. The van der Waals surface area contributed by atoms with Gasteiger partial charge in [-0.1, -0.05) is 52.3 Å². The molecule has 4 rings (SSSR count). The Morgan fingerprint density at radius 2 is 1.77 bits per heavy atom. The molecule has 3 aromatic rings. The van der Waals surface area contributed by atoms with E-state index in [1.807, 2.05) is 42.2 Å². The van der Waals surface area contributed by atoms with Crippen molar-refractivity contribution in [3.63, 3.8) is 0 Å². The maximum atomic E-state index is 13.0. The fourth-order valence-electron chi connectivity index (χ4n) is 4.12. The molecule has 2 aromatic carbocycles. The zero-order chi connectivity index (χ0) is 21.8. The summed E-state index contributed by atoms with van der Waals surface area (Å²) in [5.41, 5.74) is 4.17. The van der Waals surface area contributed by atoms with E-state index in [0.717, 1.165) is 59.8 Å². The van der Waals surface area contributed by atoms with Gasteiger partial charge in [-0.2, -0.15) is 0 Å². The molecule has 5 nitrogen and oxygen atoms in total. The minimum Gasteiger partial charge on any atom is -0.354 e. The van der Waals surface area contributed by atoms with Crippen molar-refractivity contribution in [1.82, 2.24) is 14.9 Å². The fourth-order valence-corrected chi connectivity index (χ4v) is 4.52. The van der Waals surface area contributed by atoms with Crippen LogP contribution in [0.5, 0.6) is 0 Å². The van der Waals surface area contributed by atoms with E-state index in [1.165, 1.54) is 11.1 Å². The number of carbonyl (C=O) groups excluding carboxylic acids is 1. The van der Waals surface area contributed by atoms with Crippen LogP contribution in [0.3, 0.4) is 0 Å². The van der Waals surface area contributed by atoms with Gasteiger partial charge in [0.15, 0.2) is 0 Å². The van der Waals surface area contributed by atoms with Crippen LogP contribution in [-0.4, -0.2) is 47.0 Å². The van der Waals surface area contributed by atoms with Crippen LogP contribution in [0.15, 0.2) is 59.1 Å². The molecule has 1 fully saturated rings. The third kappa shape index (κ3) is 5.13. The van der Waals surface area contributed by atoms with Crippen molar-refractivity contribution in [3.8, 4) is 0 Å². The summed E-state index contributed by atoms with van der Waals surface area (Å²) in [5, 5.41) is 0. The van der Waals surface area contributed by atoms with E-state index in [1.54, 1.807) is 0 Å². The molecule has 6 heteroatoms. The van der Waals surface area contributed by atoms with Crippen LogP contribution in [-0.2, 0) is 6.42 Å². The summed E-state index contributed by atoms with van der Waals surface area (Å²) >= 11 is 3.47. The van der Waals surface area contributed by atoms with Crippen LogP contribution in [0.1, 0.15) is 39.4 Å². The van der Waals surface area contributed by atoms with Gasteiger partial charge in [0.05, 0.1) is 0 Å². The van der Waals surface area contributed by atoms with Gasteiger partial charge in [0.1, 0.15) is 11.6 Å². The Hall–Kier alpha value is -2.73. The van der Waals surface area contributed by atoms with Crippen LogP contribution < -0.4 is 4.90 Å². The monoisotopic (exact) mass is 478 g/mol. The Bertz CT molecular complexity index is 1070. The highest BCUT2D eigenvalue weighted by Gasteiger charge is 2.23. The molecular formula is C25H27BrN4O. The predicted molar refractivity (Wildman–Crippen MR) is 128 cm³/mol. The highest BCUT2D eigenvalue weighted by molar-refractivity contribution is 9.10. The first kappa shape index (κ1) is 21.5. The highest BCUT2D eigenvalue weighted by Crippen LogP contribution is 2.25.